The fourth-order valence-corrected chi connectivity index (χ4v) is 1.26. The van der Waals surface area contributed by atoms with Gasteiger partial charge in [0.05, 0.1) is 7.11 Å². The van der Waals surface area contributed by atoms with E-state index >= 15 is 0 Å². The molecule has 0 aliphatic heterocycles. The average Bonchev–Trinajstić information content (AvgIpc) is 2.87. The van der Waals surface area contributed by atoms with Crippen LogP contribution >= 0.6 is 0 Å². The Morgan fingerprint density at radius 1 is 1.53 bits per heavy atom. The second kappa shape index (κ2) is 4.75. The largest absolute Gasteiger partial charge is 0.355 e. The van der Waals surface area contributed by atoms with Crippen molar-refractivity contribution in [3.63, 3.8) is 0 Å². The average molecular weight is 233 g/mol. The number of pyridine rings is 1. The molecule has 0 fully saturated rings. The highest BCUT2D eigenvalue weighted by Gasteiger charge is 2.17. The Labute approximate surface area is 97.8 Å². The number of hydrogen-bond donors (Lipinski definition) is 0. The number of nitrogens with zero attached hydrogens (tertiary/aromatic N) is 3. The number of carbonyl (C=O) groups excluding carboxylic acids is 1. The molecule has 1 amide bonds. The molecule has 0 saturated heterocycles. The molecule has 0 spiro atoms. The summed E-state index contributed by atoms with van der Waals surface area (Å²) in [5.74, 6) is 0.123. The van der Waals surface area contributed by atoms with E-state index in [2.05, 4.69) is 10.1 Å². The molecular formula is C11H11N3O3. The number of rotatable bonds is 3. The van der Waals surface area contributed by atoms with Crippen LogP contribution in [0, 0.1) is 0 Å². The van der Waals surface area contributed by atoms with Crippen molar-refractivity contribution in [3.05, 3.63) is 36.3 Å². The van der Waals surface area contributed by atoms with Crippen LogP contribution in [0.15, 0.2) is 35.1 Å². The van der Waals surface area contributed by atoms with E-state index in [1.54, 1.807) is 24.5 Å². The predicted octanol–water partition coefficient (Wildman–Crippen LogP) is 1.37. The Balaban J connectivity index is 2.25. The molecule has 88 valence electrons. The van der Waals surface area contributed by atoms with Crippen molar-refractivity contribution >= 4 is 5.91 Å². The van der Waals surface area contributed by atoms with Crippen molar-refractivity contribution in [2.45, 2.75) is 0 Å². The van der Waals surface area contributed by atoms with Crippen molar-refractivity contribution in [2.24, 2.45) is 0 Å². The molecule has 6 nitrogen and oxygen atoms in total. The normalized spacial score (nSPS) is 10.2. The molecular weight excluding hydrogens is 222 g/mol. The van der Waals surface area contributed by atoms with Gasteiger partial charge in [-0.1, -0.05) is 5.16 Å². The van der Waals surface area contributed by atoms with Crippen LogP contribution in [-0.2, 0) is 4.84 Å². The predicted molar refractivity (Wildman–Crippen MR) is 58.8 cm³/mol. The van der Waals surface area contributed by atoms with Crippen LogP contribution in [0.5, 0.6) is 0 Å². The summed E-state index contributed by atoms with van der Waals surface area (Å²) >= 11 is 0. The SMILES string of the molecule is CON(C)C(=O)c1cc(-c2cccnc2)on1. The Hall–Kier alpha value is -2.21. The minimum atomic E-state index is -0.369. The lowest BCUT2D eigenvalue weighted by atomic mass is 10.2. The quantitative estimate of drug-likeness (QED) is 0.749. The number of carbonyl (C=O) groups is 1. The Bertz CT molecular complexity index is 510. The third kappa shape index (κ3) is 2.31. The standard InChI is InChI=1S/C11H11N3O3/c1-14(16-2)11(15)9-6-10(17-13-9)8-4-3-5-12-7-8/h3-7H,1-2H3. The molecule has 2 heterocycles. The monoisotopic (exact) mass is 233 g/mol. The highest BCUT2D eigenvalue weighted by Crippen LogP contribution is 2.19. The highest BCUT2D eigenvalue weighted by molar-refractivity contribution is 5.92. The zero-order valence-corrected chi connectivity index (χ0v) is 9.45. The molecule has 0 aliphatic rings. The molecule has 6 heteroatoms. The summed E-state index contributed by atoms with van der Waals surface area (Å²) in [4.78, 5) is 20.4. The molecule has 2 aromatic heterocycles. The van der Waals surface area contributed by atoms with Crippen LogP contribution in [0.2, 0.25) is 0 Å². The number of amides is 1. The third-order valence-corrected chi connectivity index (χ3v) is 2.24. The molecule has 2 rings (SSSR count). The maximum Gasteiger partial charge on any atom is 0.299 e. The van der Waals surface area contributed by atoms with Gasteiger partial charge in [-0.05, 0) is 12.1 Å². The lowest BCUT2D eigenvalue weighted by Gasteiger charge is -2.10. The first-order chi connectivity index (χ1) is 8.22. The van der Waals surface area contributed by atoms with Gasteiger partial charge in [0.2, 0.25) is 0 Å². The summed E-state index contributed by atoms with van der Waals surface area (Å²) in [5.41, 5.74) is 0.951. The summed E-state index contributed by atoms with van der Waals surface area (Å²) < 4.78 is 5.07. The zero-order valence-electron chi connectivity index (χ0n) is 9.45. The van der Waals surface area contributed by atoms with E-state index in [4.69, 9.17) is 9.36 Å². The van der Waals surface area contributed by atoms with Gasteiger partial charge in [0.25, 0.3) is 5.91 Å². The molecule has 2 aromatic rings. The van der Waals surface area contributed by atoms with Gasteiger partial charge in [0, 0.05) is 31.1 Å². The summed E-state index contributed by atoms with van der Waals surface area (Å²) in [5, 5.41) is 4.76. The highest BCUT2D eigenvalue weighted by atomic mass is 16.7. The summed E-state index contributed by atoms with van der Waals surface area (Å²) in [6.45, 7) is 0. The number of hydroxylamine groups is 2. The van der Waals surface area contributed by atoms with Gasteiger partial charge < -0.3 is 4.52 Å². The van der Waals surface area contributed by atoms with Crippen molar-refractivity contribution in [1.29, 1.82) is 0 Å². The van der Waals surface area contributed by atoms with E-state index < -0.39 is 0 Å². The van der Waals surface area contributed by atoms with E-state index in [-0.39, 0.29) is 11.6 Å². The summed E-state index contributed by atoms with van der Waals surface area (Å²) in [6.07, 6.45) is 3.29. The van der Waals surface area contributed by atoms with Gasteiger partial charge in [-0.25, -0.2) is 5.06 Å². The molecule has 0 bridgehead atoms. The molecule has 0 N–H and O–H groups in total. The van der Waals surface area contributed by atoms with Crippen molar-refractivity contribution in [3.8, 4) is 11.3 Å². The summed E-state index contributed by atoms with van der Waals surface area (Å²) in [6, 6.07) is 5.15. The molecule has 0 radical (unpaired) electrons. The van der Waals surface area contributed by atoms with Crippen LogP contribution in [0.25, 0.3) is 11.3 Å². The van der Waals surface area contributed by atoms with Gasteiger partial charge in [-0.2, -0.15) is 0 Å². The Morgan fingerprint density at radius 3 is 3.00 bits per heavy atom. The fourth-order valence-electron chi connectivity index (χ4n) is 1.26. The number of hydrogen-bond acceptors (Lipinski definition) is 5. The smallest absolute Gasteiger partial charge is 0.299 e. The van der Waals surface area contributed by atoms with Crippen LogP contribution in [0.1, 0.15) is 10.5 Å². The van der Waals surface area contributed by atoms with E-state index in [9.17, 15) is 4.79 Å². The molecule has 0 atom stereocenters. The molecule has 0 aliphatic carbocycles. The number of aromatic nitrogens is 2. The minimum Gasteiger partial charge on any atom is -0.355 e. The van der Waals surface area contributed by atoms with E-state index in [0.717, 1.165) is 10.6 Å². The first-order valence-corrected chi connectivity index (χ1v) is 4.91. The lowest BCUT2D eigenvalue weighted by Crippen LogP contribution is -2.25. The van der Waals surface area contributed by atoms with Gasteiger partial charge >= 0.3 is 0 Å². The van der Waals surface area contributed by atoms with Crippen molar-refractivity contribution in [1.82, 2.24) is 15.2 Å². The molecule has 0 unspecified atom stereocenters. The van der Waals surface area contributed by atoms with E-state index in [1.807, 2.05) is 6.07 Å². The molecule has 17 heavy (non-hydrogen) atoms. The Kier molecular flexibility index (Phi) is 3.15. The Morgan fingerprint density at radius 2 is 2.35 bits per heavy atom. The van der Waals surface area contributed by atoms with Crippen molar-refractivity contribution in [2.75, 3.05) is 14.2 Å². The molecule has 0 saturated carbocycles. The van der Waals surface area contributed by atoms with Crippen LogP contribution < -0.4 is 0 Å². The molecule has 0 aromatic carbocycles. The maximum absolute atomic E-state index is 11.7. The van der Waals surface area contributed by atoms with Gasteiger partial charge in [-0.15, -0.1) is 0 Å². The lowest BCUT2D eigenvalue weighted by molar-refractivity contribution is -0.0762. The second-order valence-corrected chi connectivity index (χ2v) is 3.30. The third-order valence-electron chi connectivity index (χ3n) is 2.24. The van der Waals surface area contributed by atoms with Crippen LogP contribution in [0.4, 0.5) is 0 Å². The fraction of sp³-hybridized carbons (Fsp3) is 0.182. The topological polar surface area (TPSA) is 68.5 Å². The van der Waals surface area contributed by atoms with Gasteiger partial charge in [0.1, 0.15) is 0 Å². The maximum atomic E-state index is 11.7. The van der Waals surface area contributed by atoms with E-state index in [0.29, 0.717) is 5.76 Å². The van der Waals surface area contributed by atoms with Gasteiger partial charge in [0.15, 0.2) is 11.5 Å². The van der Waals surface area contributed by atoms with Crippen LogP contribution in [0.3, 0.4) is 0 Å². The second-order valence-electron chi connectivity index (χ2n) is 3.30. The first-order valence-electron chi connectivity index (χ1n) is 4.91. The summed E-state index contributed by atoms with van der Waals surface area (Å²) in [7, 11) is 2.90. The van der Waals surface area contributed by atoms with Gasteiger partial charge in [-0.3, -0.25) is 14.6 Å². The van der Waals surface area contributed by atoms with Crippen LogP contribution in [-0.4, -0.2) is 35.3 Å². The minimum absolute atomic E-state index is 0.188. The van der Waals surface area contributed by atoms with E-state index in [1.165, 1.54) is 14.2 Å². The first kappa shape index (κ1) is 11.3. The zero-order chi connectivity index (χ0) is 12.3. The van der Waals surface area contributed by atoms with Crippen molar-refractivity contribution < 1.29 is 14.2 Å².